The van der Waals surface area contributed by atoms with Crippen LogP contribution in [0.2, 0.25) is 5.02 Å². The van der Waals surface area contributed by atoms with Gasteiger partial charge in [-0.05, 0) is 43.5 Å². The Morgan fingerprint density at radius 1 is 1.28 bits per heavy atom. The maximum absolute atomic E-state index is 12.4. The van der Waals surface area contributed by atoms with Crippen molar-refractivity contribution in [1.82, 2.24) is 5.32 Å². The van der Waals surface area contributed by atoms with Gasteiger partial charge in [-0.15, -0.1) is 0 Å². The minimum Gasteiger partial charge on any atom is -0.508 e. The van der Waals surface area contributed by atoms with Gasteiger partial charge in [0.1, 0.15) is 5.75 Å². The standard InChI is InChI=1S/C20H23ClN2O2/c1-3-22-20(25)17(11-16-9-10-18(24)12-19(16)21)13-23-14(2)15-7-5-4-6-8-15/h4-10,12-14,17,24H,3,11H2,1-2H3,(H,22,25). The van der Waals surface area contributed by atoms with Crippen LogP contribution >= 0.6 is 11.6 Å². The third kappa shape index (κ3) is 5.61. The summed E-state index contributed by atoms with van der Waals surface area (Å²) in [5.41, 5.74) is 1.89. The smallest absolute Gasteiger partial charge is 0.228 e. The van der Waals surface area contributed by atoms with Gasteiger partial charge >= 0.3 is 0 Å². The van der Waals surface area contributed by atoms with Gasteiger partial charge < -0.3 is 10.4 Å². The lowest BCUT2D eigenvalue weighted by molar-refractivity contribution is -0.122. The second kappa shape index (κ2) is 9.23. The van der Waals surface area contributed by atoms with E-state index in [1.54, 1.807) is 18.3 Å². The number of hydrogen-bond acceptors (Lipinski definition) is 3. The van der Waals surface area contributed by atoms with Gasteiger partial charge in [-0.1, -0.05) is 48.0 Å². The van der Waals surface area contributed by atoms with Crippen LogP contribution in [0.1, 0.15) is 31.0 Å². The van der Waals surface area contributed by atoms with Crippen LogP contribution in [0.15, 0.2) is 53.5 Å². The largest absolute Gasteiger partial charge is 0.508 e. The molecule has 0 spiro atoms. The lowest BCUT2D eigenvalue weighted by Crippen LogP contribution is -2.32. The summed E-state index contributed by atoms with van der Waals surface area (Å²) in [6.45, 7) is 4.43. The monoisotopic (exact) mass is 358 g/mol. The topological polar surface area (TPSA) is 61.7 Å². The second-order valence-electron chi connectivity index (χ2n) is 5.87. The van der Waals surface area contributed by atoms with Crippen molar-refractivity contribution in [2.24, 2.45) is 10.9 Å². The molecule has 2 N–H and O–H groups in total. The molecule has 132 valence electrons. The Hall–Kier alpha value is -2.33. The Morgan fingerprint density at radius 2 is 2.00 bits per heavy atom. The van der Waals surface area contributed by atoms with E-state index in [1.807, 2.05) is 44.2 Å². The van der Waals surface area contributed by atoms with E-state index in [-0.39, 0.29) is 17.7 Å². The van der Waals surface area contributed by atoms with Crippen molar-refractivity contribution < 1.29 is 9.90 Å². The predicted molar refractivity (Wildman–Crippen MR) is 102 cm³/mol. The van der Waals surface area contributed by atoms with Crippen LogP contribution in [-0.4, -0.2) is 23.8 Å². The second-order valence-corrected chi connectivity index (χ2v) is 6.27. The first kappa shape index (κ1) is 19.0. The Bertz CT molecular complexity index is 732. The average molecular weight is 359 g/mol. The maximum Gasteiger partial charge on any atom is 0.228 e. The molecule has 0 aliphatic rings. The first-order valence-corrected chi connectivity index (χ1v) is 8.72. The van der Waals surface area contributed by atoms with E-state index in [9.17, 15) is 9.90 Å². The number of aliphatic imine (C=N–C) groups is 1. The summed E-state index contributed by atoms with van der Waals surface area (Å²) in [6.07, 6.45) is 2.13. The molecule has 0 saturated heterocycles. The van der Waals surface area contributed by atoms with Crippen molar-refractivity contribution in [1.29, 1.82) is 0 Å². The number of halogens is 1. The van der Waals surface area contributed by atoms with Crippen LogP contribution in [0.5, 0.6) is 5.75 Å². The molecule has 2 atom stereocenters. The minimum absolute atomic E-state index is 0.0339. The Labute approximate surface area is 153 Å². The van der Waals surface area contributed by atoms with E-state index >= 15 is 0 Å². The van der Waals surface area contributed by atoms with E-state index in [4.69, 9.17) is 11.6 Å². The molecule has 0 fully saturated rings. The molecule has 0 aromatic heterocycles. The summed E-state index contributed by atoms with van der Waals surface area (Å²) in [5, 5.41) is 12.8. The number of hydrogen-bond donors (Lipinski definition) is 2. The van der Waals surface area contributed by atoms with Crippen LogP contribution in [0.4, 0.5) is 0 Å². The molecular formula is C20H23ClN2O2. The zero-order valence-electron chi connectivity index (χ0n) is 14.4. The van der Waals surface area contributed by atoms with Gasteiger partial charge in [0.15, 0.2) is 0 Å². The highest BCUT2D eigenvalue weighted by molar-refractivity contribution is 6.31. The highest BCUT2D eigenvalue weighted by Crippen LogP contribution is 2.24. The van der Waals surface area contributed by atoms with Crippen molar-refractivity contribution >= 4 is 23.7 Å². The van der Waals surface area contributed by atoms with Gasteiger partial charge in [0, 0.05) is 17.8 Å². The van der Waals surface area contributed by atoms with Gasteiger partial charge in [-0.3, -0.25) is 9.79 Å². The molecule has 1 amide bonds. The van der Waals surface area contributed by atoms with Gasteiger partial charge in [0.2, 0.25) is 5.91 Å². The molecular weight excluding hydrogens is 336 g/mol. The van der Waals surface area contributed by atoms with Crippen molar-refractivity contribution in [3.8, 4) is 5.75 Å². The number of nitrogens with one attached hydrogen (secondary N) is 1. The van der Waals surface area contributed by atoms with Crippen LogP contribution in [0.3, 0.4) is 0 Å². The molecule has 2 aromatic carbocycles. The van der Waals surface area contributed by atoms with Crippen molar-refractivity contribution in [3.63, 3.8) is 0 Å². The molecule has 0 heterocycles. The van der Waals surface area contributed by atoms with Crippen molar-refractivity contribution in [2.75, 3.05) is 6.54 Å². The number of rotatable bonds is 7. The highest BCUT2D eigenvalue weighted by atomic mass is 35.5. The number of carbonyl (C=O) groups excluding carboxylic acids is 1. The van der Waals surface area contributed by atoms with Crippen LogP contribution in [0, 0.1) is 5.92 Å². The number of aromatic hydroxyl groups is 1. The summed E-state index contributed by atoms with van der Waals surface area (Å²) in [4.78, 5) is 16.9. The zero-order valence-corrected chi connectivity index (χ0v) is 15.2. The third-order valence-electron chi connectivity index (χ3n) is 3.94. The van der Waals surface area contributed by atoms with E-state index in [0.29, 0.717) is 18.0 Å². The molecule has 25 heavy (non-hydrogen) atoms. The Balaban J connectivity index is 2.18. The number of carbonyl (C=O) groups is 1. The predicted octanol–water partition coefficient (Wildman–Crippen LogP) is 4.17. The summed E-state index contributed by atoms with van der Waals surface area (Å²) >= 11 is 6.18. The number of amides is 1. The first-order valence-electron chi connectivity index (χ1n) is 8.34. The van der Waals surface area contributed by atoms with Gasteiger partial charge in [-0.25, -0.2) is 0 Å². The molecule has 2 aromatic rings. The van der Waals surface area contributed by atoms with Crippen LogP contribution in [-0.2, 0) is 11.2 Å². The summed E-state index contributed by atoms with van der Waals surface area (Å²) < 4.78 is 0. The molecule has 0 aliphatic carbocycles. The van der Waals surface area contributed by atoms with Gasteiger partial charge in [-0.2, -0.15) is 0 Å². The van der Waals surface area contributed by atoms with Crippen molar-refractivity contribution in [3.05, 3.63) is 64.7 Å². The van der Waals surface area contributed by atoms with Crippen molar-refractivity contribution in [2.45, 2.75) is 26.3 Å². The Kier molecular flexibility index (Phi) is 7.02. The summed E-state index contributed by atoms with van der Waals surface area (Å²) in [7, 11) is 0. The van der Waals surface area contributed by atoms with E-state index in [0.717, 1.165) is 11.1 Å². The molecule has 4 nitrogen and oxygen atoms in total. The number of phenols is 1. The maximum atomic E-state index is 12.4. The van der Waals surface area contributed by atoms with E-state index in [2.05, 4.69) is 10.3 Å². The van der Waals surface area contributed by atoms with Gasteiger partial charge in [0.25, 0.3) is 0 Å². The molecule has 5 heteroatoms. The van der Waals surface area contributed by atoms with Crippen LogP contribution < -0.4 is 5.32 Å². The van der Waals surface area contributed by atoms with Crippen LogP contribution in [0.25, 0.3) is 0 Å². The zero-order chi connectivity index (χ0) is 18.2. The fraction of sp³-hybridized carbons (Fsp3) is 0.300. The molecule has 0 saturated carbocycles. The average Bonchev–Trinajstić information content (AvgIpc) is 2.61. The quantitative estimate of drug-likeness (QED) is 0.729. The summed E-state index contributed by atoms with van der Waals surface area (Å²) in [6, 6.07) is 14.7. The van der Waals surface area contributed by atoms with Gasteiger partial charge in [0.05, 0.1) is 12.0 Å². The molecule has 0 aliphatic heterocycles. The number of nitrogens with zero attached hydrogens (tertiary/aromatic N) is 1. The molecule has 0 radical (unpaired) electrons. The fourth-order valence-corrected chi connectivity index (χ4v) is 2.76. The third-order valence-corrected chi connectivity index (χ3v) is 4.29. The van der Waals surface area contributed by atoms with E-state index in [1.165, 1.54) is 6.07 Å². The molecule has 0 bridgehead atoms. The normalized spacial score (nSPS) is 13.6. The number of benzene rings is 2. The molecule has 2 rings (SSSR count). The highest BCUT2D eigenvalue weighted by Gasteiger charge is 2.18. The lowest BCUT2D eigenvalue weighted by Gasteiger charge is -2.14. The lowest BCUT2D eigenvalue weighted by atomic mass is 9.99. The number of phenolic OH excluding ortho intramolecular Hbond substituents is 1. The first-order chi connectivity index (χ1) is 12.0. The fourth-order valence-electron chi connectivity index (χ4n) is 2.51. The minimum atomic E-state index is -0.423. The Morgan fingerprint density at radius 3 is 2.64 bits per heavy atom. The SMILES string of the molecule is CCNC(=O)C(C=NC(C)c1ccccc1)Cc1ccc(O)cc1Cl. The molecule has 2 unspecified atom stereocenters. The summed E-state index contributed by atoms with van der Waals surface area (Å²) in [5.74, 6) is -0.404. The van der Waals surface area contributed by atoms with E-state index < -0.39 is 5.92 Å².